The third-order valence-corrected chi connectivity index (χ3v) is 2.97. The Kier molecular flexibility index (Phi) is 2.86. The lowest BCUT2D eigenvalue weighted by Crippen LogP contribution is -2.47. The maximum absolute atomic E-state index is 11.4. The van der Waals surface area contributed by atoms with Gasteiger partial charge in [-0.2, -0.15) is 4.80 Å². The number of aromatic nitrogens is 4. The van der Waals surface area contributed by atoms with E-state index in [2.05, 4.69) is 20.7 Å². The van der Waals surface area contributed by atoms with Crippen LogP contribution in [0.2, 0.25) is 0 Å². The Balaban J connectivity index is 2.16. The number of carboxylic acid groups (broad SMARTS) is 1. The standard InChI is InChI=1S/C9H15N5O2/c1-14-12-7(11-13-14)5-9(8(15)16)3-2-4-10-6-9/h10H,2-6H2,1H3,(H,15,16). The first-order valence-corrected chi connectivity index (χ1v) is 5.29. The molecular weight excluding hydrogens is 210 g/mol. The van der Waals surface area contributed by atoms with E-state index in [1.165, 1.54) is 4.80 Å². The SMILES string of the molecule is Cn1nnc(CC2(C(=O)O)CCCNC2)n1. The van der Waals surface area contributed by atoms with Crippen molar-refractivity contribution in [1.29, 1.82) is 0 Å². The molecule has 2 rings (SSSR count). The molecule has 0 aliphatic carbocycles. The minimum absolute atomic E-state index is 0.336. The molecule has 16 heavy (non-hydrogen) atoms. The summed E-state index contributed by atoms with van der Waals surface area (Å²) >= 11 is 0. The van der Waals surface area contributed by atoms with E-state index in [4.69, 9.17) is 0 Å². The van der Waals surface area contributed by atoms with E-state index in [0.29, 0.717) is 25.2 Å². The number of tetrazole rings is 1. The lowest BCUT2D eigenvalue weighted by molar-refractivity contribution is -0.150. The smallest absolute Gasteiger partial charge is 0.311 e. The van der Waals surface area contributed by atoms with Gasteiger partial charge in [0.1, 0.15) is 0 Å². The molecule has 1 fully saturated rings. The van der Waals surface area contributed by atoms with Gasteiger partial charge in [0.15, 0.2) is 5.82 Å². The maximum Gasteiger partial charge on any atom is 0.311 e. The van der Waals surface area contributed by atoms with E-state index in [0.717, 1.165) is 13.0 Å². The summed E-state index contributed by atoms with van der Waals surface area (Å²) in [5, 5.41) is 24.1. The van der Waals surface area contributed by atoms with E-state index in [1.807, 2.05) is 0 Å². The van der Waals surface area contributed by atoms with Gasteiger partial charge in [-0.1, -0.05) is 0 Å². The summed E-state index contributed by atoms with van der Waals surface area (Å²) in [7, 11) is 1.67. The molecule has 1 aromatic heterocycles. The zero-order valence-corrected chi connectivity index (χ0v) is 9.18. The van der Waals surface area contributed by atoms with Gasteiger partial charge in [-0.3, -0.25) is 4.79 Å². The van der Waals surface area contributed by atoms with Crippen LogP contribution < -0.4 is 5.32 Å². The lowest BCUT2D eigenvalue weighted by Gasteiger charge is -2.32. The van der Waals surface area contributed by atoms with Crippen LogP contribution >= 0.6 is 0 Å². The highest BCUT2D eigenvalue weighted by Gasteiger charge is 2.41. The molecule has 1 aliphatic heterocycles. The summed E-state index contributed by atoms with van der Waals surface area (Å²) in [5.74, 6) is -0.291. The van der Waals surface area contributed by atoms with Gasteiger partial charge >= 0.3 is 5.97 Å². The van der Waals surface area contributed by atoms with Gasteiger partial charge in [-0.15, -0.1) is 10.2 Å². The van der Waals surface area contributed by atoms with Gasteiger partial charge < -0.3 is 10.4 Å². The van der Waals surface area contributed by atoms with E-state index in [-0.39, 0.29) is 0 Å². The third kappa shape index (κ3) is 2.04. The fraction of sp³-hybridized carbons (Fsp3) is 0.778. The molecule has 0 amide bonds. The van der Waals surface area contributed by atoms with Gasteiger partial charge in [0.05, 0.1) is 12.5 Å². The number of hydrogen-bond acceptors (Lipinski definition) is 5. The van der Waals surface area contributed by atoms with Crippen molar-refractivity contribution in [1.82, 2.24) is 25.5 Å². The highest BCUT2D eigenvalue weighted by atomic mass is 16.4. The van der Waals surface area contributed by atoms with Crippen LogP contribution in [0.4, 0.5) is 0 Å². The molecule has 7 nitrogen and oxygen atoms in total. The molecule has 0 saturated carbocycles. The van der Waals surface area contributed by atoms with Crippen LogP contribution in [0.3, 0.4) is 0 Å². The Morgan fingerprint density at radius 1 is 1.69 bits per heavy atom. The van der Waals surface area contributed by atoms with Crippen LogP contribution in [0, 0.1) is 5.41 Å². The molecule has 88 valence electrons. The molecule has 7 heteroatoms. The predicted molar refractivity (Wildman–Crippen MR) is 54.7 cm³/mol. The highest BCUT2D eigenvalue weighted by Crippen LogP contribution is 2.29. The number of nitrogens with zero attached hydrogens (tertiary/aromatic N) is 4. The first-order chi connectivity index (χ1) is 7.62. The van der Waals surface area contributed by atoms with Crippen LogP contribution in [0.1, 0.15) is 18.7 Å². The topological polar surface area (TPSA) is 92.9 Å². The second-order valence-electron chi connectivity index (χ2n) is 4.24. The van der Waals surface area contributed by atoms with Crippen molar-refractivity contribution in [2.24, 2.45) is 12.5 Å². The molecule has 0 aromatic carbocycles. The highest BCUT2D eigenvalue weighted by molar-refractivity contribution is 5.75. The minimum atomic E-state index is -0.785. The zero-order chi connectivity index (χ0) is 11.6. The molecule has 1 atom stereocenters. The van der Waals surface area contributed by atoms with Gasteiger partial charge in [-0.05, 0) is 24.6 Å². The Morgan fingerprint density at radius 2 is 2.50 bits per heavy atom. The van der Waals surface area contributed by atoms with Crippen molar-refractivity contribution in [3.05, 3.63) is 5.82 Å². The molecule has 0 radical (unpaired) electrons. The number of hydrogen-bond donors (Lipinski definition) is 2. The second kappa shape index (κ2) is 4.17. The summed E-state index contributed by atoms with van der Waals surface area (Å²) in [6.07, 6.45) is 1.86. The van der Waals surface area contributed by atoms with E-state index in [1.54, 1.807) is 7.05 Å². The Bertz CT molecular complexity index is 383. The van der Waals surface area contributed by atoms with Crippen molar-refractivity contribution in [3.63, 3.8) is 0 Å². The summed E-state index contributed by atoms with van der Waals surface area (Å²) in [4.78, 5) is 12.7. The van der Waals surface area contributed by atoms with Gasteiger partial charge in [-0.25, -0.2) is 0 Å². The number of piperidine rings is 1. The summed E-state index contributed by atoms with van der Waals surface area (Å²) < 4.78 is 0. The molecule has 1 saturated heterocycles. The predicted octanol–water partition coefficient (Wildman–Crippen LogP) is -0.793. The first kappa shape index (κ1) is 11.0. The monoisotopic (exact) mass is 225 g/mol. The van der Waals surface area contributed by atoms with Crippen molar-refractivity contribution in [2.45, 2.75) is 19.3 Å². The number of rotatable bonds is 3. The fourth-order valence-electron chi connectivity index (χ4n) is 2.07. The Morgan fingerprint density at radius 3 is 3.00 bits per heavy atom. The first-order valence-electron chi connectivity index (χ1n) is 5.29. The van der Waals surface area contributed by atoms with Crippen LogP contribution in [-0.4, -0.2) is 44.4 Å². The van der Waals surface area contributed by atoms with Gasteiger partial charge in [0.2, 0.25) is 0 Å². The van der Waals surface area contributed by atoms with Crippen LogP contribution in [0.25, 0.3) is 0 Å². The number of aliphatic carboxylic acids is 1. The molecule has 1 unspecified atom stereocenters. The number of carboxylic acids is 1. The van der Waals surface area contributed by atoms with E-state index < -0.39 is 11.4 Å². The van der Waals surface area contributed by atoms with Crippen molar-refractivity contribution in [3.8, 4) is 0 Å². The van der Waals surface area contributed by atoms with Crippen LogP contribution in [-0.2, 0) is 18.3 Å². The van der Waals surface area contributed by atoms with Gasteiger partial charge in [0, 0.05) is 13.0 Å². The Hall–Kier alpha value is -1.50. The molecule has 0 bridgehead atoms. The normalized spacial score (nSPS) is 25.6. The largest absolute Gasteiger partial charge is 0.481 e. The average Bonchev–Trinajstić information content (AvgIpc) is 2.65. The maximum atomic E-state index is 11.4. The van der Waals surface area contributed by atoms with Crippen molar-refractivity contribution in [2.75, 3.05) is 13.1 Å². The quantitative estimate of drug-likeness (QED) is 0.700. The number of aryl methyl sites for hydroxylation is 1. The molecular formula is C9H15N5O2. The summed E-state index contributed by atoms with van der Waals surface area (Å²) in [6.45, 7) is 1.35. The molecule has 2 N–H and O–H groups in total. The number of carbonyl (C=O) groups is 1. The van der Waals surface area contributed by atoms with Gasteiger partial charge in [0.25, 0.3) is 0 Å². The fourth-order valence-corrected chi connectivity index (χ4v) is 2.07. The molecule has 1 aromatic rings. The van der Waals surface area contributed by atoms with E-state index >= 15 is 0 Å². The Labute approximate surface area is 92.8 Å². The van der Waals surface area contributed by atoms with E-state index in [9.17, 15) is 9.90 Å². The zero-order valence-electron chi connectivity index (χ0n) is 9.18. The number of nitrogens with one attached hydrogen (secondary N) is 1. The van der Waals surface area contributed by atoms with Crippen molar-refractivity contribution < 1.29 is 9.90 Å². The minimum Gasteiger partial charge on any atom is -0.481 e. The second-order valence-corrected chi connectivity index (χ2v) is 4.24. The summed E-state index contributed by atoms with van der Waals surface area (Å²) in [5.41, 5.74) is -0.777. The van der Waals surface area contributed by atoms with Crippen LogP contribution in [0.15, 0.2) is 0 Å². The molecule has 1 aliphatic rings. The third-order valence-electron chi connectivity index (χ3n) is 2.97. The van der Waals surface area contributed by atoms with Crippen molar-refractivity contribution >= 4 is 5.97 Å². The lowest BCUT2D eigenvalue weighted by atomic mass is 9.77. The summed E-state index contributed by atoms with van der Waals surface area (Å²) in [6, 6.07) is 0. The van der Waals surface area contributed by atoms with Crippen LogP contribution in [0.5, 0.6) is 0 Å². The molecule has 2 heterocycles. The average molecular weight is 225 g/mol. The molecule has 0 spiro atoms.